The molecule has 0 unspecified atom stereocenters. The molecule has 0 fully saturated rings. The smallest absolute Gasteiger partial charge is 0.248 e. The highest BCUT2D eigenvalue weighted by Gasteiger charge is 1.97. The van der Waals surface area contributed by atoms with Crippen LogP contribution in [-0.4, -0.2) is 15.2 Å². The fourth-order valence-electron chi connectivity index (χ4n) is 1.13. The summed E-state index contributed by atoms with van der Waals surface area (Å²) in [5.74, 6) is 0. The van der Waals surface area contributed by atoms with E-state index in [1.165, 1.54) is 6.07 Å². The van der Waals surface area contributed by atoms with Crippen LogP contribution in [0.3, 0.4) is 0 Å². The van der Waals surface area contributed by atoms with Crippen molar-refractivity contribution in [2.24, 2.45) is 0 Å². The summed E-state index contributed by atoms with van der Waals surface area (Å²) in [6.45, 7) is 1.83. The molecular weight excluding hydrogens is 154 g/mol. The van der Waals surface area contributed by atoms with Crippen molar-refractivity contribution in [1.82, 2.24) is 15.2 Å². The standard InChI is InChI=1S/C8H7N3O/c1-5-7-2-8(12)9-3-6(7)4-10-11-5/h2-4H,1H3,(H,9,12). The van der Waals surface area contributed by atoms with Crippen LogP contribution in [0.5, 0.6) is 0 Å². The van der Waals surface area contributed by atoms with Gasteiger partial charge in [-0.15, -0.1) is 0 Å². The molecule has 2 heterocycles. The summed E-state index contributed by atoms with van der Waals surface area (Å²) < 4.78 is 0. The zero-order valence-corrected chi connectivity index (χ0v) is 6.53. The van der Waals surface area contributed by atoms with Crippen molar-refractivity contribution in [2.45, 2.75) is 6.92 Å². The summed E-state index contributed by atoms with van der Waals surface area (Å²) >= 11 is 0. The molecular formula is C8H7N3O. The lowest BCUT2D eigenvalue weighted by Gasteiger charge is -1.96. The Kier molecular flexibility index (Phi) is 1.40. The maximum atomic E-state index is 10.9. The Morgan fingerprint density at radius 3 is 3.17 bits per heavy atom. The SMILES string of the molecule is Cc1nncc2c[nH]c(=O)cc12. The zero-order valence-electron chi connectivity index (χ0n) is 6.53. The van der Waals surface area contributed by atoms with E-state index in [0.29, 0.717) is 0 Å². The fraction of sp³-hybridized carbons (Fsp3) is 0.125. The van der Waals surface area contributed by atoms with Crippen molar-refractivity contribution in [1.29, 1.82) is 0 Å². The summed E-state index contributed by atoms with van der Waals surface area (Å²) in [4.78, 5) is 13.5. The second kappa shape index (κ2) is 2.41. The predicted octanol–water partition coefficient (Wildman–Crippen LogP) is 0.627. The second-order valence-corrected chi connectivity index (χ2v) is 2.60. The minimum absolute atomic E-state index is 0.112. The molecule has 0 aliphatic carbocycles. The minimum Gasteiger partial charge on any atom is -0.328 e. The Balaban J connectivity index is 2.97. The third-order valence-corrected chi connectivity index (χ3v) is 1.75. The van der Waals surface area contributed by atoms with Crippen molar-refractivity contribution in [3.8, 4) is 0 Å². The van der Waals surface area contributed by atoms with Crippen molar-refractivity contribution in [3.63, 3.8) is 0 Å². The lowest BCUT2D eigenvalue weighted by atomic mass is 10.2. The summed E-state index contributed by atoms with van der Waals surface area (Å²) in [6, 6.07) is 1.53. The van der Waals surface area contributed by atoms with Gasteiger partial charge in [0, 0.05) is 23.0 Å². The third kappa shape index (κ3) is 0.972. The van der Waals surface area contributed by atoms with Crippen LogP contribution < -0.4 is 5.56 Å². The van der Waals surface area contributed by atoms with Crippen LogP contribution in [-0.2, 0) is 0 Å². The Morgan fingerprint density at radius 2 is 2.33 bits per heavy atom. The first kappa shape index (κ1) is 6.97. The van der Waals surface area contributed by atoms with Crippen LogP contribution in [0.1, 0.15) is 5.69 Å². The highest BCUT2D eigenvalue weighted by atomic mass is 16.1. The highest BCUT2D eigenvalue weighted by Crippen LogP contribution is 2.09. The zero-order chi connectivity index (χ0) is 8.55. The van der Waals surface area contributed by atoms with Gasteiger partial charge in [-0.05, 0) is 6.92 Å². The predicted molar refractivity (Wildman–Crippen MR) is 44.9 cm³/mol. The van der Waals surface area contributed by atoms with E-state index in [0.717, 1.165) is 16.5 Å². The molecule has 12 heavy (non-hydrogen) atoms. The van der Waals surface area contributed by atoms with Gasteiger partial charge < -0.3 is 4.98 Å². The van der Waals surface area contributed by atoms with E-state index >= 15 is 0 Å². The number of hydrogen-bond donors (Lipinski definition) is 1. The quantitative estimate of drug-likeness (QED) is 0.616. The number of aryl methyl sites for hydroxylation is 1. The molecule has 0 aromatic carbocycles. The maximum absolute atomic E-state index is 10.9. The molecule has 0 radical (unpaired) electrons. The molecule has 0 saturated carbocycles. The topological polar surface area (TPSA) is 58.6 Å². The average Bonchev–Trinajstić information content (AvgIpc) is 2.07. The van der Waals surface area contributed by atoms with E-state index in [-0.39, 0.29) is 5.56 Å². The Hall–Kier alpha value is -1.71. The number of rotatable bonds is 0. The van der Waals surface area contributed by atoms with Gasteiger partial charge in [0.1, 0.15) is 0 Å². The lowest BCUT2D eigenvalue weighted by molar-refractivity contribution is 0.999. The largest absolute Gasteiger partial charge is 0.328 e. The average molecular weight is 161 g/mol. The summed E-state index contributed by atoms with van der Waals surface area (Å²) in [5, 5.41) is 9.38. The van der Waals surface area contributed by atoms with Gasteiger partial charge in [-0.1, -0.05) is 0 Å². The number of aromatic amines is 1. The minimum atomic E-state index is -0.112. The third-order valence-electron chi connectivity index (χ3n) is 1.75. The number of aromatic nitrogens is 3. The molecule has 2 aromatic heterocycles. The number of nitrogens with zero attached hydrogens (tertiary/aromatic N) is 2. The van der Waals surface area contributed by atoms with Gasteiger partial charge in [0.15, 0.2) is 0 Å². The Bertz CT molecular complexity index is 475. The number of fused-ring (bicyclic) bond motifs is 1. The molecule has 0 spiro atoms. The van der Waals surface area contributed by atoms with E-state index in [2.05, 4.69) is 15.2 Å². The van der Waals surface area contributed by atoms with Crippen LogP contribution in [0.2, 0.25) is 0 Å². The summed E-state index contributed by atoms with van der Waals surface area (Å²) in [7, 11) is 0. The van der Waals surface area contributed by atoms with E-state index < -0.39 is 0 Å². The fourth-order valence-corrected chi connectivity index (χ4v) is 1.13. The van der Waals surface area contributed by atoms with Crippen molar-refractivity contribution >= 4 is 10.8 Å². The number of nitrogens with one attached hydrogen (secondary N) is 1. The molecule has 0 atom stereocenters. The van der Waals surface area contributed by atoms with Crippen molar-refractivity contribution < 1.29 is 0 Å². The molecule has 2 aromatic rings. The first-order valence-corrected chi connectivity index (χ1v) is 3.58. The molecule has 1 N–H and O–H groups in total. The van der Waals surface area contributed by atoms with E-state index in [4.69, 9.17) is 0 Å². The number of hydrogen-bond acceptors (Lipinski definition) is 3. The molecule has 2 rings (SSSR count). The Morgan fingerprint density at radius 1 is 1.50 bits per heavy atom. The maximum Gasteiger partial charge on any atom is 0.248 e. The van der Waals surface area contributed by atoms with Crippen LogP contribution >= 0.6 is 0 Å². The van der Waals surface area contributed by atoms with Crippen molar-refractivity contribution in [2.75, 3.05) is 0 Å². The van der Waals surface area contributed by atoms with Crippen LogP contribution in [0, 0.1) is 6.92 Å². The first-order valence-electron chi connectivity index (χ1n) is 3.58. The number of H-pyrrole nitrogens is 1. The molecule has 0 bridgehead atoms. The van der Waals surface area contributed by atoms with Gasteiger partial charge in [-0.3, -0.25) is 4.79 Å². The Labute approximate surface area is 68.3 Å². The van der Waals surface area contributed by atoms with Gasteiger partial charge in [0.25, 0.3) is 0 Å². The summed E-state index contributed by atoms with van der Waals surface area (Å²) in [6.07, 6.45) is 3.26. The van der Waals surface area contributed by atoms with Crippen molar-refractivity contribution in [3.05, 3.63) is 34.5 Å². The van der Waals surface area contributed by atoms with E-state index in [1.807, 2.05) is 6.92 Å². The van der Waals surface area contributed by atoms with Crippen LogP contribution in [0.25, 0.3) is 10.8 Å². The molecule has 0 aliphatic rings. The normalized spacial score (nSPS) is 10.4. The van der Waals surface area contributed by atoms with E-state index in [1.54, 1.807) is 12.4 Å². The second-order valence-electron chi connectivity index (χ2n) is 2.60. The van der Waals surface area contributed by atoms with Gasteiger partial charge in [-0.2, -0.15) is 10.2 Å². The monoisotopic (exact) mass is 161 g/mol. The summed E-state index contributed by atoms with van der Waals surface area (Å²) in [5.41, 5.74) is 0.664. The molecule has 4 heteroatoms. The molecule has 4 nitrogen and oxygen atoms in total. The van der Waals surface area contributed by atoms with Gasteiger partial charge in [0.2, 0.25) is 5.56 Å². The molecule has 60 valence electrons. The first-order chi connectivity index (χ1) is 5.77. The lowest BCUT2D eigenvalue weighted by Crippen LogP contribution is -2.03. The molecule has 0 amide bonds. The van der Waals surface area contributed by atoms with E-state index in [9.17, 15) is 4.79 Å². The van der Waals surface area contributed by atoms with Gasteiger partial charge in [-0.25, -0.2) is 0 Å². The molecule has 0 saturated heterocycles. The van der Waals surface area contributed by atoms with Crippen LogP contribution in [0.15, 0.2) is 23.3 Å². The van der Waals surface area contributed by atoms with Crippen LogP contribution in [0.4, 0.5) is 0 Å². The number of pyridine rings is 1. The van der Waals surface area contributed by atoms with Gasteiger partial charge >= 0.3 is 0 Å². The highest BCUT2D eigenvalue weighted by molar-refractivity contribution is 5.82. The molecule has 0 aliphatic heterocycles. The van der Waals surface area contributed by atoms with Gasteiger partial charge in [0.05, 0.1) is 11.9 Å².